The molecule has 1 nitrogen and oxygen atoms in total. The molecule has 4 rings (SSSR count). The molecule has 0 aliphatic carbocycles. The smallest absolute Gasteiger partial charge is 0.326 e. The van der Waals surface area contributed by atoms with Gasteiger partial charge in [0.2, 0.25) is 0 Å². The Morgan fingerprint density at radius 1 is 0.542 bits per heavy atom. The van der Waals surface area contributed by atoms with Crippen molar-refractivity contribution in [1.29, 1.82) is 0 Å². The average molecular weight is 307 g/mol. The van der Waals surface area contributed by atoms with Gasteiger partial charge in [-0.2, -0.15) is 0 Å². The van der Waals surface area contributed by atoms with Crippen molar-refractivity contribution in [1.82, 2.24) is 0 Å². The normalized spacial score (nSPS) is 10.7. The van der Waals surface area contributed by atoms with Gasteiger partial charge in [0.15, 0.2) is 0 Å². The van der Waals surface area contributed by atoms with E-state index in [0.29, 0.717) is 0 Å². The van der Waals surface area contributed by atoms with Gasteiger partial charge >= 0.3 is 7.48 Å². The maximum absolute atomic E-state index is 9.02. The molecule has 0 amide bonds. The van der Waals surface area contributed by atoms with E-state index in [4.69, 9.17) is 5.02 Å². The zero-order valence-corrected chi connectivity index (χ0v) is 13.2. The van der Waals surface area contributed by atoms with Gasteiger partial charge in [-0.3, -0.25) is 0 Å². The number of fused-ring (bicyclic) bond motifs is 1. The van der Waals surface area contributed by atoms with Crippen molar-refractivity contribution in [2.24, 2.45) is 0 Å². The van der Waals surface area contributed by atoms with Gasteiger partial charge in [-0.15, -0.1) is 0 Å². The summed E-state index contributed by atoms with van der Waals surface area (Å²) in [6.07, 6.45) is 0. The first kappa shape index (κ1) is 14.7. The Bertz CT molecular complexity index is 967. The summed E-state index contributed by atoms with van der Waals surface area (Å²) in [4.78, 5) is 0. The topological polar surface area (TPSA) is 20.2 Å². The summed E-state index contributed by atoms with van der Waals surface area (Å²) in [5.41, 5.74) is 5.60. The lowest BCUT2D eigenvalue weighted by Gasteiger charge is -2.08. The molecule has 4 aromatic rings. The molecule has 0 aromatic heterocycles. The molecular weight excluding hydrogens is 291 g/mol. The molecule has 0 aliphatic heterocycles. The highest BCUT2D eigenvalue weighted by Gasteiger charge is 2.04. The minimum atomic E-state index is 0.811. The van der Waals surface area contributed by atoms with Gasteiger partial charge in [0.1, 0.15) is 0 Å². The summed E-state index contributed by atoms with van der Waals surface area (Å²) in [7, 11) is 1.12. The first-order chi connectivity index (χ1) is 11.8. The van der Waals surface area contributed by atoms with Crippen molar-refractivity contribution >= 4 is 23.7 Å². The largest absolute Gasteiger partial charge is 0.450 e. The Morgan fingerprint density at radius 2 is 1.12 bits per heavy atom. The van der Waals surface area contributed by atoms with Crippen molar-refractivity contribution in [2.75, 3.05) is 0 Å². The third-order valence-corrected chi connectivity index (χ3v) is 4.38. The van der Waals surface area contributed by atoms with Crippen molar-refractivity contribution in [3.63, 3.8) is 0 Å². The van der Waals surface area contributed by atoms with Crippen LogP contribution in [0.25, 0.3) is 33.0 Å². The molecule has 0 saturated heterocycles. The summed E-state index contributed by atoms with van der Waals surface area (Å²) in [6, 6.07) is 31.4. The van der Waals surface area contributed by atoms with Crippen LogP contribution in [0.3, 0.4) is 0 Å². The molecule has 0 unspecified atom stereocenters. The van der Waals surface area contributed by atoms with Crippen LogP contribution < -0.4 is 5.46 Å². The Hall–Kier alpha value is -2.84. The van der Waals surface area contributed by atoms with E-state index >= 15 is 0 Å². The zero-order chi connectivity index (χ0) is 16.4. The number of rotatable bonds is 3. The molecule has 0 atom stereocenters. The summed E-state index contributed by atoms with van der Waals surface area (Å²) in [5.74, 6) is 0. The molecule has 2 heteroatoms. The zero-order valence-electron chi connectivity index (χ0n) is 13.2. The molecule has 1 N–H and O–H groups in total. The van der Waals surface area contributed by atoms with E-state index in [-0.39, 0.29) is 0 Å². The maximum atomic E-state index is 9.02. The highest BCUT2D eigenvalue weighted by Crippen LogP contribution is 2.30. The molecule has 4 aromatic carbocycles. The first-order valence-corrected chi connectivity index (χ1v) is 8.01. The van der Waals surface area contributed by atoms with E-state index in [1.165, 1.54) is 27.5 Å². The molecule has 0 heterocycles. The highest BCUT2D eigenvalue weighted by atomic mass is 16.2. The predicted molar refractivity (Wildman–Crippen MR) is 102 cm³/mol. The number of hydrogen-bond donors (Lipinski definition) is 1. The van der Waals surface area contributed by atoms with Crippen LogP contribution in [0, 0.1) is 0 Å². The van der Waals surface area contributed by atoms with Crippen LogP contribution in [-0.4, -0.2) is 12.5 Å². The van der Waals surface area contributed by atoms with Gasteiger partial charge in [-0.25, -0.2) is 0 Å². The third kappa shape index (κ3) is 2.73. The van der Waals surface area contributed by atoms with Crippen LogP contribution in [0.15, 0.2) is 91.0 Å². The quantitative estimate of drug-likeness (QED) is 0.556. The molecule has 0 aliphatic rings. The Kier molecular flexibility index (Phi) is 3.90. The van der Waals surface area contributed by atoms with Crippen LogP contribution in [-0.2, 0) is 0 Å². The summed E-state index contributed by atoms with van der Waals surface area (Å²) in [5, 5.41) is 11.6. The SMILES string of the molecule is O[B]c1ccc(-c2ccc(-c3cccc4ccccc34)cc2)cc1. The predicted octanol–water partition coefficient (Wildman–Crippen LogP) is 4.41. The van der Waals surface area contributed by atoms with Gasteiger partial charge < -0.3 is 5.02 Å². The van der Waals surface area contributed by atoms with Crippen LogP contribution in [0.4, 0.5) is 0 Å². The van der Waals surface area contributed by atoms with Gasteiger partial charge in [0.25, 0.3) is 0 Å². The Labute approximate surface area is 142 Å². The van der Waals surface area contributed by atoms with Crippen molar-refractivity contribution < 1.29 is 5.02 Å². The molecule has 0 spiro atoms. The van der Waals surface area contributed by atoms with Crippen LogP contribution in [0.5, 0.6) is 0 Å². The summed E-state index contributed by atoms with van der Waals surface area (Å²) in [6.45, 7) is 0. The number of benzene rings is 4. The van der Waals surface area contributed by atoms with E-state index in [1.807, 2.05) is 24.3 Å². The average Bonchev–Trinajstić information content (AvgIpc) is 2.68. The lowest BCUT2D eigenvalue weighted by molar-refractivity contribution is 0.615. The fourth-order valence-electron chi connectivity index (χ4n) is 3.08. The van der Waals surface area contributed by atoms with Gasteiger partial charge in [0.05, 0.1) is 0 Å². The molecule has 0 saturated carbocycles. The maximum Gasteiger partial charge on any atom is 0.326 e. The van der Waals surface area contributed by atoms with Crippen LogP contribution >= 0.6 is 0 Å². The lowest BCUT2D eigenvalue weighted by Crippen LogP contribution is -2.11. The Balaban J connectivity index is 1.72. The van der Waals surface area contributed by atoms with E-state index in [1.54, 1.807) is 0 Å². The van der Waals surface area contributed by atoms with E-state index in [0.717, 1.165) is 18.5 Å². The van der Waals surface area contributed by atoms with Crippen molar-refractivity contribution in [3.05, 3.63) is 91.0 Å². The lowest BCUT2D eigenvalue weighted by atomic mass is 9.87. The van der Waals surface area contributed by atoms with Crippen LogP contribution in [0.2, 0.25) is 0 Å². The fraction of sp³-hybridized carbons (Fsp3) is 0. The molecule has 1 radical (unpaired) electrons. The van der Waals surface area contributed by atoms with E-state index < -0.39 is 0 Å². The molecule has 113 valence electrons. The molecule has 0 bridgehead atoms. The third-order valence-electron chi connectivity index (χ3n) is 4.38. The standard InChI is InChI=1S/C22H16BO/c24-23-20-14-12-17(13-15-20)16-8-10-19(11-9-16)22-7-3-5-18-4-1-2-6-21(18)22/h1-15,24H. The fourth-order valence-corrected chi connectivity index (χ4v) is 3.08. The molecule has 24 heavy (non-hydrogen) atoms. The second kappa shape index (κ2) is 6.35. The Morgan fingerprint density at radius 3 is 1.83 bits per heavy atom. The van der Waals surface area contributed by atoms with Crippen molar-refractivity contribution in [2.45, 2.75) is 0 Å². The summed E-state index contributed by atoms with van der Waals surface area (Å²) >= 11 is 0. The van der Waals surface area contributed by atoms with E-state index in [2.05, 4.69) is 66.7 Å². The minimum absolute atomic E-state index is 0.811. The molecule has 0 fully saturated rings. The first-order valence-electron chi connectivity index (χ1n) is 8.01. The monoisotopic (exact) mass is 307 g/mol. The second-order valence-corrected chi connectivity index (χ2v) is 5.86. The minimum Gasteiger partial charge on any atom is -0.450 e. The van der Waals surface area contributed by atoms with E-state index in [9.17, 15) is 0 Å². The van der Waals surface area contributed by atoms with Crippen molar-refractivity contribution in [3.8, 4) is 22.3 Å². The van der Waals surface area contributed by atoms with Gasteiger partial charge in [-0.05, 0) is 33.0 Å². The molecular formula is C22H16BO. The second-order valence-electron chi connectivity index (χ2n) is 5.86. The summed E-state index contributed by atoms with van der Waals surface area (Å²) < 4.78 is 0. The number of hydrogen-bond acceptors (Lipinski definition) is 1. The highest BCUT2D eigenvalue weighted by molar-refractivity contribution is 6.45. The van der Waals surface area contributed by atoms with Gasteiger partial charge in [-0.1, -0.05) is 96.5 Å². The van der Waals surface area contributed by atoms with Crippen LogP contribution in [0.1, 0.15) is 0 Å². The van der Waals surface area contributed by atoms with Gasteiger partial charge in [0, 0.05) is 0 Å².